The van der Waals surface area contributed by atoms with Crippen molar-refractivity contribution >= 4 is 0 Å². The third-order valence-electron chi connectivity index (χ3n) is 4.07. The molecule has 1 fully saturated rings. The Hall–Kier alpha value is -0.970. The number of hydrogen-bond acceptors (Lipinski definition) is 3. The van der Waals surface area contributed by atoms with Crippen LogP contribution in [0.15, 0.2) is 24.3 Å². The van der Waals surface area contributed by atoms with E-state index in [9.17, 15) is 4.39 Å². The number of halogens is 1. The van der Waals surface area contributed by atoms with Crippen LogP contribution in [0.5, 0.6) is 0 Å². The van der Waals surface area contributed by atoms with Gasteiger partial charge in [0.2, 0.25) is 0 Å². The van der Waals surface area contributed by atoms with Crippen LogP contribution in [0.2, 0.25) is 0 Å². The van der Waals surface area contributed by atoms with Gasteiger partial charge in [-0.25, -0.2) is 4.39 Å². The molecule has 1 saturated heterocycles. The van der Waals surface area contributed by atoms with E-state index in [1.54, 1.807) is 6.07 Å². The second kappa shape index (κ2) is 8.47. The van der Waals surface area contributed by atoms with Crippen molar-refractivity contribution in [2.24, 2.45) is 0 Å². The Morgan fingerprint density at radius 3 is 2.90 bits per heavy atom. The predicted molar refractivity (Wildman–Crippen MR) is 83.9 cm³/mol. The van der Waals surface area contributed by atoms with E-state index in [4.69, 9.17) is 4.74 Å². The summed E-state index contributed by atoms with van der Waals surface area (Å²) in [5.74, 6) is -0.120. The second-order valence-electron chi connectivity index (χ2n) is 5.82. The van der Waals surface area contributed by atoms with Gasteiger partial charge in [0.25, 0.3) is 0 Å². The lowest BCUT2D eigenvalue weighted by Gasteiger charge is -2.24. The van der Waals surface area contributed by atoms with Crippen molar-refractivity contribution in [3.05, 3.63) is 35.6 Å². The van der Waals surface area contributed by atoms with Crippen molar-refractivity contribution in [1.29, 1.82) is 0 Å². The van der Waals surface area contributed by atoms with Gasteiger partial charge in [-0.3, -0.25) is 0 Å². The van der Waals surface area contributed by atoms with Crippen LogP contribution < -0.4 is 5.32 Å². The maximum Gasteiger partial charge on any atom is 0.127 e. The van der Waals surface area contributed by atoms with Gasteiger partial charge in [-0.15, -0.1) is 0 Å². The molecule has 2 atom stereocenters. The molecule has 21 heavy (non-hydrogen) atoms. The summed E-state index contributed by atoms with van der Waals surface area (Å²) in [5, 5.41) is 3.39. The Balaban J connectivity index is 1.86. The van der Waals surface area contributed by atoms with Crippen LogP contribution in [0.3, 0.4) is 0 Å². The van der Waals surface area contributed by atoms with E-state index >= 15 is 0 Å². The number of hydrogen-bond donors (Lipinski definition) is 1. The van der Waals surface area contributed by atoms with E-state index in [1.165, 1.54) is 12.5 Å². The summed E-state index contributed by atoms with van der Waals surface area (Å²) in [6, 6.07) is 7.13. The first kappa shape index (κ1) is 16.4. The van der Waals surface area contributed by atoms with Gasteiger partial charge in [-0.2, -0.15) is 0 Å². The van der Waals surface area contributed by atoms with Crippen LogP contribution in [0, 0.1) is 5.82 Å². The Bertz CT molecular complexity index is 421. The smallest absolute Gasteiger partial charge is 0.127 e. The molecule has 4 heteroatoms. The number of benzene rings is 1. The molecule has 0 saturated carbocycles. The fraction of sp³-hybridized carbons (Fsp3) is 0.647. The van der Waals surface area contributed by atoms with Gasteiger partial charge in [0.1, 0.15) is 5.82 Å². The molecular formula is C17H27FN2O. The van der Waals surface area contributed by atoms with Crippen LogP contribution in [0.4, 0.5) is 4.39 Å². The molecule has 0 radical (unpaired) electrons. The molecule has 0 amide bonds. The van der Waals surface area contributed by atoms with Gasteiger partial charge in [-0.1, -0.05) is 25.1 Å². The molecule has 1 aromatic carbocycles. The highest BCUT2D eigenvalue weighted by Crippen LogP contribution is 2.20. The zero-order chi connectivity index (χ0) is 15.1. The minimum absolute atomic E-state index is 0.0724. The summed E-state index contributed by atoms with van der Waals surface area (Å²) in [6.07, 6.45) is 3.61. The summed E-state index contributed by atoms with van der Waals surface area (Å²) in [7, 11) is 2.12. The van der Waals surface area contributed by atoms with Crippen LogP contribution in [0.25, 0.3) is 0 Å². The molecular weight excluding hydrogens is 267 g/mol. The Morgan fingerprint density at radius 2 is 2.24 bits per heavy atom. The van der Waals surface area contributed by atoms with Crippen LogP contribution in [0.1, 0.15) is 37.8 Å². The van der Waals surface area contributed by atoms with E-state index in [2.05, 4.69) is 24.2 Å². The van der Waals surface area contributed by atoms with Crippen molar-refractivity contribution in [3.63, 3.8) is 0 Å². The molecule has 0 aliphatic carbocycles. The highest BCUT2D eigenvalue weighted by Gasteiger charge is 2.19. The highest BCUT2D eigenvalue weighted by atomic mass is 19.1. The lowest BCUT2D eigenvalue weighted by molar-refractivity contribution is 0.0800. The van der Waals surface area contributed by atoms with E-state index in [1.807, 2.05) is 12.1 Å². The molecule has 3 nitrogen and oxygen atoms in total. The molecule has 1 aliphatic rings. The monoisotopic (exact) mass is 294 g/mol. The normalized spacial score (nSPS) is 20.1. The van der Waals surface area contributed by atoms with Gasteiger partial charge >= 0.3 is 0 Å². The van der Waals surface area contributed by atoms with Gasteiger partial charge in [0.05, 0.1) is 6.10 Å². The molecule has 0 spiro atoms. The lowest BCUT2D eigenvalue weighted by atomic mass is 10.0. The maximum absolute atomic E-state index is 13.9. The molecule has 1 aromatic rings. The first-order chi connectivity index (χ1) is 10.2. The first-order valence-corrected chi connectivity index (χ1v) is 7.98. The highest BCUT2D eigenvalue weighted by molar-refractivity contribution is 5.21. The van der Waals surface area contributed by atoms with E-state index in [0.717, 1.165) is 44.6 Å². The fourth-order valence-corrected chi connectivity index (χ4v) is 2.95. The molecule has 0 bridgehead atoms. The molecule has 0 aromatic heterocycles. The van der Waals surface area contributed by atoms with Crippen molar-refractivity contribution in [3.8, 4) is 0 Å². The van der Waals surface area contributed by atoms with Crippen LogP contribution in [-0.2, 0) is 4.74 Å². The minimum Gasteiger partial charge on any atom is -0.377 e. The Morgan fingerprint density at radius 1 is 1.43 bits per heavy atom. The van der Waals surface area contributed by atoms with Gasteiger partial charge in [0, 0.05) is 24.8 Å². The Kier molecular flexibility index (Phi) is 6.61. The first-order valence-electron chi connectivity index (χ1n) is 7.98. The molecule has 1 aliphatic heterocycles. The summed E-state index contributed by atoms with van der Waals surface area (Å²) in [6.45, 7) is 5.70. The standard InChI is InChI=1S/C17H27FN2O/c1-3-19-17(15-8-4-5-9-16(15)18)10-11-20(2)13-14-7-6-12-21-14/h4-5,8-9,14,17,19H,3,6-7,10-13H2,1-2H3. The Labute approximate surface area is 127 Å². The zero-order valence-corrected chi connectivity index (χ0v) is 13.1. The number of likely N-dealkylation sites (N-methyl/N-ethyl adjacent to an activating group) is 1. The van der Waals surface area contributed by atoms with Crippen molar-refractivity contribution < 1.29 is 9.13 Å². The maximum atomic E-state index is 13.9. The second-order valence-corrected chi connectivity index (χ2v) is 5.82. The fourth-order valence-electron chi connectivity index (χ4n) is 2.95. The topological polar surface area (TPSA) is 24.5 Å². The summed E-state index contributed by atoms with van der Waals surface area (Å²) in [5.41, 5.74) is 0.768. The third kappa shape index (κ3) is 5.06. The zero-order valence-electron chi connectivity index (χ0n) is 13.1. The average molecular weight is 294 g/mol. The largest absolute Gasteiger partial charge is 0.377 e. The van der Waals surface area contributed by atoms with Gasteiger partial charge in [0.15, 0.2) is 0 Å². The molecule has 1 N–H and O–H groups in total. The van der Waals surface area contributed by atoms with Gasteiger partial charge in [-0.05, 0) is 45.5 Å². The quantitative estimate of drug-likeness (QED) is 0.798. The predicted octanol–water partition coefficient (Wildman–Crippen LogP) is 2.98. The van der Waals surface area contributed by atoms with Crippen LogP contribution >= 0.6 is 0 Å². The van der Waals surface area contributed by atoms with E-state index < -0.39 is 0 Å². The molecule has 2 rings (SSSR count). The number of rotatable bonds is 8. The summed E-state index contributed by atoms with van der Waals surface area (Å²) < 4.78 is 19.6. The molecule has 2 unspecified atom stereocenters. The summed E-state index contributed by atoms with van der Waals surface area (Å²) in [4.78, 5) is 2.29. The minimum atomic E-state index is -0.120. The summed E-state index contributed by atoms with van der Waals surface area (Å²) >= 11 is 0. The van der Waals surface area contributed by atoms with E-state index in [-0.39, 0.29) is 11.9 Å². The van der Waals surface area contributed by atoms with Crippen LogP contribution in [-0.4, -0.2) is 44.3 Å². The SMILES string of the molecule is CCNC(CCN(C)CC1CCCO1)c1ccccc1F. The molecule has 118 valence electrons. The average Bonchev–Trinajstić information content (AvgIpc) is 2.97. The number of nitrogens with zero attached hydrogens (tertiary/aromatic N) is 1. The lowest BCUT2D eigenvalue weighted by Crippen LogP contribution is -2.32. The van der Waals surface area contributed by atoms with Crippen molar-refractivity contribution in [2.75, 3.05) is 33.3 Å². The molecule has 1 heterocycles. The number of ether oxygens (including phenoxy) is 1. The van der Waals surface area contributed by atoms with Gasteiger partial charge < -0.3 is 15.0 Å². The van der Waals surface area contributed by atoms with Crippen molar-refractivity contribution in [1.82, 2.24) is 10.2 Å². The van der Waals surface area contributed by atoms with E-state index in [0.29, 0.717) is 6.10 Å². The number of nitrogens with one attached hydrogen (secondary N) is 1. The third-order valence-corrected chi connectivity index (χ3v) is 4.07. The van der Waals surface area contributed by atoms with Crippen molar-refractivity contribution in [2.45, 2.75) is 38.3 Å².